The molecule has 0 aliphatic heterocycles. The van der Waals surface area contributed by atoms with Gasteiger partial charge in [-0.2, -0.15) is 0 Å². The quantitative estimate of drug-likeness (QED) is 0.240. The van der Waals surface area contributed by atoms with E-state index in [4.69, 9.17) is 34.8 Å². The largest absolute Gasteiger partial charge is 0.352 e. The molecule has 0 radical (unpaired) electrons. The van der Waals surface area contributed by atoms with Crippen LogP contribution in [0.3, 0.4) is 0 Å². The van der Waals surface area contributed by atoms with Gasteiger partial charge >= 0.3 is 0 Å². The van der Waals surface area contributed by atoms with E-state index in [1.165, 1.54) is 17.0 Å². The van der Waals surface area contributed by atoms with Gasteiger partial charge in [0, 0.05) is 17.6 Å². The number of rotatable bonds is 11. The number of halogens is 3. The Morgan fingerprint density at radius 1 is 0.905 bits per heavy atom. The topological polar surface area (TPSA) is 86.8 Å². The van der Waals surface area contributed by atoms with Gasteiger partial charge in [0.15, 0.2) is 0 Å². The van der Waals surface area contributed by atoms with E-state index in [9.17, 15) is 18.0 Å². The second kappa shape index (κ2) is 14.6. The molecule has 0 saturated heterocycles. The van der Waals surface area contributed by atoms with Gasteiger partial charge in [0.05, 0.1) is 20.6 Å². The number of nitrogens with zero attached hydrogens (tertiary/aromatic N) is 2. The highest BCUT2D eigenvalue weighted by atomic mass is 35.5. The van der Waals surface area contributed by atoms with Crippen molar-refractivity contribution >= 4 is 62.3 Å². The summed E-state index contributed by atoms with van der Waals surface area (Å²) in [6.07, 6.45) is 5.34. The van der Waals surface area contributed by atoms with Crippen molar-refractivity contribution in [3.63, 3.8) is 0 Å². The SMILES string of the molecule is CC[C@H](C(=O)NC1CCCCC1)N(Cc1ccc(Cl)c(Cl)c1)C(=O)CN(c1ccc(Cl)cc1)S(=O)(=O)c1ccccc1. The Bertz CT molecular complexity index is 1480. The minimum Gasteiger partial charge on any atom is -0.352 e. The zero-order chi connectivity index (χ0) is 30.3. The summed E-state index contributed by atoms with van der Waals surface area (Å²) in [5.41, 5.74) is 0.927. The van der Waals surface area contributed by atoms with Gasteiger partial charge in [-0.1, -0.05) is 85.3 Å². The number of nitrogens with one attached hydrogen (secondary N) is 1. The van der Waals surface area contributed by atoms with Gasteiger partial charge in [0.1, 0.15) is 12.6 Å². The number of hydrogen-bond donors (Lipinski definition) is 1. The Kier molecular flexibility index (Phi) is 11.2. The molecule has 1 atom stereocenters. The lowest BCUT2D eigenvalue weighted by Crippen LogP contribution is -2.54. The van der Waals surface area contributed by atoms with Crippen LogP contribution < -0.4 is 9.62 Å². The lowest BCUT2D eigenvalue weighted by molar-refractivity contribution is -0.140. The summed E-state index contributed by atoms with van der Waals surface area (Å²) in [6.45, 7) is 1.33. The molecule has 224 valence electrons. The molecule has 0 bridgehead atoms. The Balaban J connectivity index is 1.70. The fourth-order valence-electron chi connectivity index (χ4n) is 5.15. The summed E-state index contributed by atoms with van der Waals surface area (Å²) in [5, 5.41) is 4.24. The molecule has 0 unspecified atom stereocenters. The van der Waals surface area contributed by atoms with Gasteiger partial charge < -0.3 is 10.2 Å². The molecule has 1 saturated carbocycles. The highest BCUT2D eigenvalue weighted by molar-refractivity contribution is 7.92. The summed E-state index contributed by atoms with van der Waals surface area (Å²) in [4.78, 5) is 29.3. The molecule has 42 heavy (non-hydrogen) atoms. The highest BCUT2D eigenvalue weighted by Gasteiger charge is 2.34. The molecule has 7 nitrogen and oxygen atoms in total. The van der Waals surface area contributed by atoms with E-state index in [1.54, 1.807) is 60.7 Å². The minimum atomic E-state index is -4.15. The first-order valence-electron chi connectivity index (χ1n) is 14.0. The molecule has 0 spiro atoms. The van der Waals surface area contributed by atoms with Crippen molar-refractivity contribution in [1.82, 2.24) is 10.2 Å². The summed E-state index contributed by atoms with van der Waals surface area (Å²) in [6, 6.07) is 18.4. The number of carbonyl (C=O) groups excluding carboxylic acids is 2. The van der Waals surface area contributed by atoms with Crippen LogP contribution >= 0.6 is 34.8 Å². The van der Waals surface area contributed by atoms with E-state index in [-0.39, 0.29) is 29.1 Å². The van der Waals surface area contributed by atoms with E-state index in [1.807, 2.05) is 6.92 Å². The number of anilines is 1. The van der Waals surface area contributed by atoms with Crippen molar-refractivity contribution in [3.8, 4) is 0 Å². The Morgan fingerprint density at radius 3 is 2.19 bits per heavy atom. The van der Waals surface area contributed by atoms with Gasteiger partial charge in [-0.15, -0.1) is 0 Å². The molecule has 4 rings (SSSR count). The fraction of sp³-hybridized carbons (Fsp3) is 0.355. The summed E-state index contributed by atoms with van der Waals surface area (Å²) in [7, 11) is -4.15. The molecule has 11 heteroatoms. The highest BCUT2D eigenvalue weighted by Crippen LogP contribution is 2.28. The van der Waals surface area contributed by atoms with Crippen molar-refractivity contribution in [2.45, 2.75) is 69.0 Å². The Hall–Kier alpha value is -2.78. The van der Waals surface area contributed by atoms with Gasteiger partial charge in [0.2, 0.25) is 11.8 Å². The monoisotopic (exact) mass is 649 g/mol. The van der Waals surface area contributed by atoms with Gasteiger partial charge in [0.25, 0.3) is 10.0 Å². The van der Waals surface area contributed by atoms with Crippen LogP contribution in [0.1, 0.15) is 51.0 Å². The molecule has 2 amide bonds. The summed E-state index contributed by atoms with van der Waals surface area (Å²) >= 11 is 18.5. The van der Waals surface area contributed by atoms with Crippen molar-refractivity contribution in [3.05, 3.63) is 93.4 Å². The van der Waals surface area contributed by atoms with Crippen molar-refractivity contribution in [1.29, 1.82) is 0 Å². The van der Waals surface area contributed by atoms with Crippen LogP contribution in [0.25, 0.3) is 0 Å². The molecule has 0 aromatic heterocycles. The lowest BCUT2D eigenvalue weighted by Gasteiger charge is -2.34. The zero-order valence-electron chi connectivity index (χ0n) is 23.3. The average Bonchev–Trinajstić information content (AvgIpc) is 2.99. The van der Waals surface area contributed by atoms with Gasteiger partial charge in [-0.05, 0) is 73.4 Å². The van der Waals surface area contributed by atoms with Crippen LogP contribution in [-0.2, 0) is 26.2 Å². The first-order chi connectivity index (χ1) is 20.1. The van der Waals surface area contributed by atoms with E-state index in [0.717, 1.165) is 36.4 Å². The average molecular weight is 651 g/mol. The molecule has 1 fully saturated rings. The third kappa shape index (κ3) is 7.98. The smallest absolute Gasteiger partial charge is 0.264 e. The van der Waals surface area contributed by atoms with E-state index in [2.05, 4.69) is 5.32 Å². The number of sulfonamides is 1. The zero-order valence-corrected chi connectivity index (χ0v) is 26.4. The van der Waals surface area contributed by atoms with Crippen LogP contribution in [0.5, 0.6) is 0 Å². The van der Waals surface area contributed by atoms with E-state index >= 15 is 0 Å². The third-order valence-corrected chi connectivity index (χ3v) is 10.2. The van der Waals surface area contributed by atoms with Crippen LogP contribution in [0.15, 0.2) is 77.7 Å². The predicted octanol–water partition coefficient (Wildman–Crippen LogP) is 7.10. The second-order valence-corrected chi connectivity index (χ2v) is 13.5. The lowest BCUT2D eigenvalue weighted by atomic mass is 9.95. The number of benzene rings is 3. The van der Waals surface area contributed by atoms with E-state index < -0.39 is 28.5 Å². The molecular weight excluding hydrogens is 617 g/mol. The van der Waals surface area contributed by atoms with Gasteiger partial charge in [-0.25, -0.2) is 8.42 Å². The molecule has 1 aliphatic rings. The van der Waals surface area contributed by atoms with Gasteiger partial charge in [-0.3, -0.25) is 13.9 Å². The van der Waals surface area contributed by atoms with Crippen LogP contribution in [-0.4, -0.2) is 43.8 Å². The number of carbonyl (C=O) groups is 2. The first kappa shape index (κ1) is 32.1. The van der Waals surface area contributed by atoms with Crippen molar-refractivity contribution < 1.29 is 18.0 Å². The maximum absolute atomic E-state index is 14.2. The van der Waals surface area contributed by atoms with Crippen molar-refractivity contribution in [2.24, 2.45) is 0 Å². The molecule has 1 N–H and O–H groups in total. The Labute approximate surface area is 262 Å². The third-order valence-electron chi connectivity index (χ3n) is 7.40. The summed E-state index contributed by atoms with van der Waals surface area (Å²) < 4.78 is 28.8. The normalized spacial score (nSPS) is 14.7. The van der Waals surface area contributed by atoms with Crippen LogP contribution in [0.2, 0.25) is 15.1 Å². The van der Waals surface area contributed by atoms with Crippen LogP contribution in [0.4, 0.5) is 5.69 Å². The summed E-state index contributed by atoms with van der Waals surface area (Å²) in [5.74, 6) is -0.803. The van der Waals surface area contributed by atoms with E-state index in [0.29, 0.717) is 27.1 Å². The molecule has 3 aromatic carbocycles. The first-order valence-corrected chi connectivity index (χ1v) is 16.5. The molecule has 0 heterocycles. The number of hydrogen-bond acceptors (Lipinski definition) is 4. The molecular formula is C31H34Cl3N3O4S. The molecule has 3 aromatic rings. The Morgan fingerprint density at radius 2 is 1.57 bits per heavy atom. The maximum atomic E-state index is 14.2. The fourth-order valence-corrected chi connectivity index (χ4v) is 7.04. The standard InChI is InChI=1S/C31H34Cl3N3O4S/c1-2-29(31(39)35-24-9-5-3-6-10-24)36(20-22-13-18-27(33)28(34)19-22)30(38)21-37(25-16-14-23(32)15-17-25)42(40,41)26-11-7-4-8-12-26/h4,7-8,11-19,24,29H,2-3,5-6,9-10,20-21H2,1H3,(H,35,39)/t29-/m1/s1. The number of amides is 2. The second-order valence-electron chi connectivity index (χ2n) is 10.3. The minimum absolute atomic E-state index is 0.0332. The molecule has 1 aliphatic carbocycles. The maximum Gasteiger partial charge on any atom is 0.264 e. The predicted molar refractivity (Wildman–Crippen MR) is 169 cm³/mol. The van der Waals surface area contributed by atoms with Crippen LogP contribution in [0, 0.1) is 0 Å². The van der Waals surface area contributed by atoms with Crippen molar-refractivity contribution in [2.75, 3.05) is 10.8 Å².